The first-order valence-corrected chi connectivity index (χ1v) is 9.11. The smallest absolute Gasteiger partial charge is 0.406 e. The van der Waals surface area contributed by atoms with Crippen molar-refractivity contribution in [3.63, 3.8) is 0 Å². The van der Waals surface area contributed by atoms with Gasteiger partial charge in [-0.25, -0.2) is 0 Å². The molecule has 2 atom stereocenters. The van der Waals surface area contributed by atoms with Crippen LogP contribution in [0.4, 0.5) is 18.9 Å². The summed E-state index contributed by atoms with van der Waals surface area (Å²) >= 11 is 0. The predicted molar refractivity (Wildman–Crippen MR) is 96.9 cm³/mol. The molecule has 1 unspecified atom stereocenters. The van der Waals surface area contributed by atoms with Gasteiger partial charge in [0, 0.05) is 12.2 Å². The van der Waals surface area contributed by atoms with E-state index in [4.69, 9.17) is 5.73 Å². The molecule has 1 aliphatic rings. The van der Waals surface area contributed by atoms with Gasteiger partial charge in [-0.05, 0) is 43.5 Å². The van der Waals surface area contributed by atoms with Gasteiger partial charge in [0.05, 0.1) is 7.05 Å². The summed E-state index contributed by atoms with van der Waals surface area (Å²) in [6.07, 6.45) is -2.63. The number of likely N-dealkylation sites (tertiary alicyclic amines) is 1. The van der Waals surface area contributed by atoms with Crippen molar-refractivity contribution >= 4 is 23.4 Å². The number of rotatable bonds is 7. The number of hydrogen-bond acceptors (Lipinski definition) is 4. The molecule has 0 bridgehead atoms. The van der Waals surface area contributed by atoms with Crippen molar-refractivity contribution < 1.29 is 37.2 Å². The summed E-state index contributed by atoms with van der Waals surface area (Å²) in [5.74, 6) is -1.60. The van der Waals surface area contributed by atoms with Gasteiger partial charge in [-0.2, -0.15) is 0 Å². The molecule has 1 aliphatic heterocycles. The lowest BCUT2D eigenvalue weighted by molar-refractivity contribution is -0.862. The lowest BCUT2D eigenvalue weighted by Crippen LogP contribution is -3.11. The van der Waals surface area contributed by atoms with Crippen molar-refractivity contribution in [2.45, 2.75) is 31.7 Å². The maximum absolute atomic E-state index is 12.5. The number of benzene rings is 1. The molecule has 11 heteroatoms. The van der Waals surface area contributed by atoms with E-state index in [1.807, 2.05) is 0 Å². The average Bonchev–Trinajstić information content (AvgIpc) is 2.61. The van der Waals surface area contributed by atoms with Crippen LogP contribution in [0.3, 0.4) is 0 Å². The van der Waals surface area contributed by atoms with Crippen LogP contribution in [-0.4, -0.2) is 61.7 Å². The van der Waals surface area contributed by atoms with Crippen molar-refractivity contribution in [3.05, 3.63) is 24.3 Å². The minimum Gasteiger partial charge on any atom is -0.406 e. The van der Waals surface area contributed by atoms with Crippen LogP contribution in [0.2, 0.25) is 0 Å². The Kier molecular flexibility index (Phi) is 7.43. The molecule has 0 aliphatic carbocycles. The summed E-state index contributed by atoms with van der Waals surface area (Å²) in [6, 6.07) is 4.12. The molecule has 1 heterocycles. The quantitative estimate of drug-likeness (QED) is 0.576. The number of anilines is 1. The number of likely N-dealkylation sites (N-methyl/N-ethyl adjacent to an activating group) is 1. The molecule has 1 aromatic carbocycles. The predicted octanol–water partition coefficient (Wildman–Crippen LogP) is -0.0952. The molecular formula is C18H24F3N4O4+. The largest absolute Gasteiger partial charge is 0.573 e. The van der Waals surface area contributed by atoms with Crippen LogP contribution in [0, 0.1) is 0 Å². The van der Waals surface area contributed by atoms with E-state index in [2.05, 4.69) is 10.1 Å². The number of nitrogens with two attached hydrogens (primary N) is 1. The fourth-order valence-electron chi connectivity index (χ4n) is 3.17. The zero-order valence-electron chi connectivity index (χ0n) is 15.9. The first kappa shape index (κ1) is 22.5. The Morgan fingerprint density at radius 1 is 1.21 bits per heavy atom. The molecule has 0 spiro atoms. The number of amides is 3. The summed E-state index contributed by atoms with van der Waals surface area (Å²) in [6.45, 7) is 0.426. The number of carbonyl (C=O) groups is 3. The highest BCUT2D eigenvalue weighted by Gasteiger charge is 2.32. The summed E-state index contributed by atoms with van der Waals surface area (Å²) in [4.78, 5) is 38.2. The molecular weight excluding hydrogens is 393 g/mol. The zero-order chi connectivity index (χ0) is 21.6. The molecule has 0 saturated carbocycles. The molecule has 8 nitrogen and oxygen atoms in total. The molecule has 4 N–H and O–H groups in total. The van der Waals surface area contributed by atoms with Gasteiger partial charge >= 0.3 is 6.36 Å². The number of hydrogen-bond donors (Lipinski definition) is 3. The van der Waals surface area contributed by atoms with E-state index in [1.165, 1.54) is 17.0 Å². The molecule has 0 radical (unpaired) electrons. The Morgan fingerprint density at radius 3 is 2.45 bits per heavy atom. The van der Waals surface area contributed by atoms with E-state index in [9.17, 15) is 27.6 Å². The van der Waals surface area contributed by atoms with Crippen LogP contribution >= 0.6 is 0 Å². The second kappa shape index (κ2) is 9.59. The normalized spacial score (nSPS) is 18.1. The number of alkyl halides is 3. The summed E-state index contributed by atoms with van der Waals surface area (Å²) in [5.41, 5.74) is 5.66. The molecule has 160 valence electrons. The van der Waals surface area contributed by atoms with E-state index in [0.29, 0.717) is 23.6 Å². The van der Waals surface area contributed by atoms with E-state index in [0.717, 1.165) is 25.0 Å². The van der Waals surface area contributed by atoms with Crippen LogP contribution < -0.4 is 20.7 Å². The number of nitrogens with one attached hydrogen (secondary N) is 2. The summed E-state index contributed by atoms with van der Waals surface area (Å²) in [7, 11) is 1.65. The van der Waals surface area contributed by atoms with Gasteiger partial charge in [0.2, 0.25) is 5.91 Å². The van der Waals surface area contributed by atoms with E-state index < -0.39 is 30.0 Å². The maximum Gasteiger partial charge on any atom is 0.573 e. The molecule has 1 saturated heterocycles. The number of ether oxygens (including phenoxy) is 1. The van der Waals surface area contributed by atoms with Crippen LogP contribution in [0.15, 0.2) is 24.3 Å². The van der Waals surface area contributed by atoms with Gasteiger partial charge in [0.1, 0.15) is 11.8 Å². The van der Waals surface area contributed by atoms with Crippen LogP contribution in [-0.2, 0) is 14.4 Å². The third-order valence-electron chi connectivity index (χ3n) is 4.44. The number of carbonyl (C=O) groups excluding carboxylic acids is 3. The van der Waals surface area contributed by atoms with E-state index in [-0.39, 0.29) is 19.0 Å². The fraction of sp³-hybridized carbons (Fsp3) is 0.500. The minimum atomic E-state index is -4.79. The van der Waals surface area contributed by atoms with Gasteiger partial charge < -0.3 is 25.6 Å². The average molecular weight is 417 g/mol. The van der Waals surface area contributed by atoms with Crippen molar-refractivity contribution in [2.24, 2.45) is 5.73 Å². The highest BCUT2D eigenvalue weighted by Crippen LogP contribution is 2.23. The van der Waals surface area contributed by atoms with Gasteiger partial charge in [0.15, 0.2) is 13.1 Å². The molecule has 29 heavy (non-hydrogen) atoms. The SMILES string of the molecule is C[NH+](CC(=O)Nc1ccc(OC(F)(F)F)cc1)CC(=O)N1CCCC[C@@H]1C(N)=O. The molecule has 1 fully saturated rings. The van der Waals surface area contributed by atoms with Gasteiger partial charge in [0.25, 0.3) is 11.8 Å². The highest BCUT2D eigenvalue weighted by atomic mass is 19.4. The molecule has 0 aromatic heterocycles. The van der Waals surface area contributed by atoms with Crippen LogP contribution in [0.5, 0.6) is 5.75 Å². The first-order valence-electron chi connectivity index (χ1n) is 9.11. The Morgan fingerprint density at radius 2 is 1.86 bits per heavy atom. The summed E-state index contributed by atoms with van der Waals surface area (Å²) < 4.78 is 40.2. The second-order valence-electron chi connectivity index (χ2n) is 6.93. The van der Waals surface area contributed by atoms with E-state index >= 15 is 0 Å². The lowest BCUT2D eigenvalue weighted by Gasteiger charge is -2.33. The van der Waals surface area contributed by atoms with Gasteiger partial charge in [-0.15, -0.1) is 13.2 Å². The fourth-order valence-corrected chi connectivity index (χ4v) is 3.17. The molecule has 3 amide bonds. The summed E-state index contributed by atoms with van der Waals surface area (Å²) in [5, 5.41) is 2.55. The lowest BCUT2D eigenvalue weighted by atomic mass is 10.0. The standard InChI is InChI=1S/C18H23F3N4O4/c1-24(11-16(27)25-9-3-2-4-14(25)17(22)28)10-15(26)23-12-5-7-13(8-6-12)29-18(19,20)21/h5-8,14H,2-4,9-11H2,1H3,(H2,22,28)(H,23,26)/p+1/t14-/m1/s1. The number of primary amides is 1. The third-order valence-corrected chi connectivity index (χ3v) is 4.44. The van der Waals surface area contributed by atoms with Crippen LogP contribution in [0.25, 0.3) is 0 Å². The number of piperidine rings is 1. The van der Waals surface area contributed by atoms with Crippen molar-refractivity contribution in [1.29, 1.82) is 0 Å². The van der Waals surface area contributed by atoms with Gasteiger partial charge in [-0.3, -0.25) is 14.4 Å². The van der Waals surface area contributed by atoms with Gasteiger partial charge in [-0.1, -0.05) is 0 Å². The maximum atomic E-state index is 12.5. The van der Waals surface area contributed by atoms with Crippen LogP contribution in [0.1, 0.15) is 19.3 Å². The highest BCUT2D eigenvalue weighted by molar-refractivity contribution is 5.91. The number of quaternary nitrogens is 1. The molecule has 2 rings (SSSR count). The Labute approximate surface area is 165 Å². The zero-order valence-corrected chi connectivity index (χ0v) is 15.9. The number of halogens is 3. The topological polar surface area (TPSA) is 106 Å². The second-order valence-corrected chi connectivity index (χ2v) is 6.93. The first-order chi connectivity index (χ1) is 13.5. The van der Waals surface area contributed by atoms with Crippen molar-refractivity contribution in [2.75, 3.05) is 32.0 Å². The number of nitrogens with zero attached hydrogens (tertiary/aromatic N) is 1. The Balaban J connectivity index is 1.84. The van der Waals surface area contributed by atoms with Crippen molar-refractivity contribution in [3.8, 4) is 5.75 Å². The Hall–Kier alpha value is -2.82. The van der Waals surface area contributed by atoms with E-state index in [1.54, 1.807) is 7.05 Å². The monoisotopic (exact) mass is 417 g/mol. The third kappa shape index (κ3) is 7.26. The Bertz CT molecular complexity index is 740. The van der Waals surface area contributed by atoms with Crippen molar-refractivity contribution in [1.82, 2.24) is 4.90 Å². The minimum absolute atomic E-state index is 0.00948. The molecule has 1 aromatic rings.